The summed E-state index contributed by atoms with van der Waals surface area (Å²) in [4.78, 5) is 5.45. The zero-order chi connectivity index (χ0) is 25.7. The summed E-state index contributed by atoms with van der Waals surface area (Å²) in [5.74, 6) is 0. The third-order valence-electron chi connectivity index (χ3n) is 8.23. The molecule has 36 heavy (non-hydrogen) atoms. The summed E-state index contributed by atoms with van der Waals surface area (Å²) in [6.07, 6.45) is 41.6. The van der Waals surface area contributed by atoms with Crippen LogP contribution in [0.1, 0.15) is 194 Å². The monoisotopic (exact) mass is 680 g/mol. The molecule has 0 aromatic heterocycles. The van der Waals surface area contributed by atoms with Crippen molar-refractivity contribution in [2.24, 2.45) is 0 Å². The van der Waals surface area contributed by atoms with Gasteiger partial charge in [-0.15, -0.1) is 0 Å². The van der Waals surface area contributed by atoms with Gasteiger partial charge in [-0.2, -0.15) is 0 Å². The molecule has 0 aliphatic rings. The Balaban J connectivity index is 0. The quantitative estimate of drug-likeness (QED) is 0.0523. The molecule has 0 heterocycles. The van der Waals surface area contributed by atoms with Crippen LogP contribution in [0.2, 0.25) is 18.5 Å². The Labute approximate surface area is 246 Å². The molecule has 0 fully saturated rings. The van der Waals surface area contributed by atoms with Gasteiger partial charge in [0, 0.05) is 0 Å². The van der Waals surface area contributed by atoms with E-state index in [-0.39, 0.29) is 17.0 Å². The van der Waals surface area contributed by atoms with E-state index >= 15 is 0 Å². The zero-order valence-corrected chi connectivity index (χ0v) is 30.2. The molecule has 0 aromatic rings. The van der Waals surface area contributed by atoms with Gasteiger partial charge < -0.3 is 17.0 Å². The Bertz CT molecular complexity index is 347. The second-order valence-corrected chi connectivity index (χ2v) is 26.2. The van der Waals surface area contributed by atoms with Gasteiger partial charge in [-0.3, -0.25) is 0 Å². The molecule has 0 N–H and O–H groups in total. The fourth-order valence-corrected chi connectivity index (χ4v) is 12.4. The van der Waals surface area contributed by atoms with Crippen molar-refractivity contribution in [3.8, 4) is 0 Å². The Hall–Kier alpha value is 1.30. The van der Waals surface area contributed by atoms with Gasteiger partial charge in [-0.25, -0.2) is 0 Å². The topological polar surface area (TPSA) is 0 Å². The SMILES string of the molecule is CCCCCCCCCCCCCCC[CH2][Sb+]([CH3])([CH3])[CH2]CCCCCCCCCCCCCCC.[Br-]. The predicted octanol–water partition coefficient (Wildman–Crippen LogP) is 10.7. The van der Waals surface area contributed by atoms with Crippen LogP contribution in [0.3, 0.4) is 0 Å². The Morgan fingerprint density at radius 2 is 0.444 bits per heavy atom. The van der Waals surface area contributed by atoms with E-state index in [0.717, 1.165) is 0 Å². The maximum atomic E-state index is 2.73. The molecular weight excluding hydrogens is 610 g/mol. The van der Waals surface area contributed by atoms with Crippen molar-refractivity contribution in [2.75, 3.05) is 0 Å². The van der Waals surface area contributed by atoms with Crippen LogP contribution < -0.4 is 17.0 Å². The van der Waals surface area contributed by atoms with Gasteiger partial charge in [-0.05, 0) is 0 Å². The van der Waals surface area contributed by atoms with E-state index in [9.17, 15) is 0 Å². The van der Waals surface area contributed by atoms with Crippen LogP contribution in [0, 0.1) is 0 Å². The fraction of sp³-hybridized carbons (Fsp3) is 1.00. The van der Waals surface area contributed by atoms with E-state index in [4.69, 9.17) is 0 Å². The minimum atomic E-state index is -1.56. The molecule has 0 aliphatic carbocycles. The molecule has 0 bridgehead atoms. The summed E-state index contributed by atoms with van der Waals surface area (Å²) < 4.78 is 3.30. The van der Waals surface area contributed by atoms with Crippen LogP contribution in [0.25, 0.3) is 0 Å². The van der Waals surface area contributed by atoms with E-state index in [1.165, 1.54) is 167 Å². The van der Waals surface area contributed by atoms with Crippen LogP contribution in [0.4, 0.5) is 0 Å². The molecule has 0 aromatic carbocycles. The zero-order valence-electron chi connectivity index (χ0n) is 26.0. The van der Waals surface area contributed by atoms with Crippen molar-refractivity contribution < 1.29 is 17.0 Å². The van der Waals surface area contributed by atoms with Crippen molar-refractivity contribution in [1.82, 2.24) is 0 Å². The van der Waals surface area contributed by atoms with E-state index in [1.54, 1.807) is 21.6 Å². The van der Waals surface area contributed by atoms with Crippen molar-refractivity contribution in [3.63, 3.8) is 0 Å². The minimum absolute atomic E-state index is 0. The molecule has 0 spiro atoms. The molecule has 0 amide bonds. The van der Waals surface area contributed by atoms with Crippen LogP contribution in [-0.2, 0) is 0 Å². The first-order valence-electron chi connectivity index (χ1n) is 16.9. The number of halogens is 1. The van der Waals surface area contributed by atoms with Gasteiger partial charge in [0.15, 0.2) is 0 Å². The maximum absolute atomic E-state index is 2.73. The average Bonchev–Trinajstić information content (AvgIpc) is 2.84. The predicted molar refractivity (Wildman–Crippen MR) is 168 cm³/mol. The fourth-order valence-electron chi connectivity index (χ4n) is 5.58. The molecule has 0 rings (SSSR count). The molecule has 0 nitrogen and oxygen atoms in total. The summed E-state index contributed by atoms with van der Waals surface area (Å²) >= 11 is -1.56. The first-order chi connectivity index (χ1) is 17.1. The first kappa shape index (κ1) is 39.4. The van der Waals surface area contributed by atoms with Gasteiger partial charge >= 0.3 is 179 Å². The van der Waals surface area contributed by atoms with E-state index in [1.807, 2.05) is 0 Å². The van der Waals surface area contributed by atoms with Gasteiger partial charge in [0.2, 0.25) is 0 Å². The normalized spacial score (nSPS) is 11.7. The van der Waals surface area contributed by atoms with Crippen LogP contribution in [0.5, 0.6) is 0 Å². The van der Waals surface area contributed by atoms with E-state index < -0.39 is 18.8 Å². The summed E-state index contributed by atoms with van der Waals surface area (Å²) in [6.45, 7) is 4.62. The molecule has 0 unspecified atom stereocenters. The summed E-state index contributed by atoms with van der Waals surface area (Å²) in [5, 5.41) is 0. The van der Waals surface area contributed by atoms with E-state index in [2.05, 4.69) is 23.6 Å². The molecule has 220 valence electrons. The van der Waals surface area contributed by atoms with Crippen LogP contribution in [-0.4, -0.2) is 18.8 Å². The molecule has 0 saturated carbocycles. The second kappa shape index (κ2) is 32.5. The minimum Gasteiger partial charge on any atom is -1.00 e. The van der Waals surface area contributed by atoms with E-state index in [0.29, 0.717) is 0 Å². The Kier molecular flexibility index (Phi) is 35.6. The van der Waals surface area contributed by atoms with Gasteiger partial charge in [0.05, 0.1) is 0 Å². The molecule has 0 radical (unpaired) electrons. The number of hydrogen-bond donors (Lipinski definition) is 0. The molecule has 0 atom stereocenters. The third-order valence-corrected chi connectivity index (χ3v) is 16.9. The van der Waals surface area contributed by atoms with Gasteiger partial charge in [0.1, 0.15) is 0 Å². The van der Waals surface area contributed by atoms with Crippen molar-refractivity contribution in [2.45, 2.75) is 212 Å². The van der Waals surface area contributed by atoms with Crippen molar-refractivity contribution >= 4 is 18.8 Å². The molecular formula is C34H72BrSb. The Morgan fingerprint density at radius 3 is 0.639 bits per heavy atom. The second-order valence-electron chi connectivity index (χ2n) is 12.6. The molecule has 2 heteroatoms. The molecule has 0 saturated heterocycles. The smallest absolute Gasteiger partial charge is 1.00 e. The van der Waals surface area contributed by atoms with Crippen molar-refractivity contribution in [3.05, 3.63) is 0 Å². The Morgan fingerprint density at radius 1 is 0.278 bits per heavy atom. The summed E-state index contributed by atoms with van der Waals surface area (Å²) in [5.41, 5.74) is 0. The van der Waals surface area contributed by atoms with Crippen LogP contribution in [0.15, 0.2) is 0 Å². The molecule has 0 aliphatic heterocycles. The third kappa shape index (κ3) is 33.3. The summed E-state index contributed by atoms with van der Waals surface area (Å²) in [6, 6.07) is 0. The summed E-state index contributed by atoms with van der Waals surface area (Å²) in [7, 11) is 0. The average molecular weight is 683 g/mol. The van der Waals surface area contributed by atoms with Gasteiger partial charge in [-0.1, -0.05) is 52.4 Å². The van der Waals surface area contributed by atoms with Crippen LogP contribution >= 0.6 is 0 Å². The number of unbranched alkanes of at least 4 members (excludes halogenated alkanes) is 26. The standard InChI is InChI=1S/2C16H33.2CH3.BrH.Sb/c2*1-3-5-7-9-11-13-15-16-14-12-10-8-6-4-2;;;;/h2*1,3-16H2,2H3;2*1H3;1H;/q;;;;;+1/p-1. The number of rotatable bonds is 30. The van der Waals surface area contributed by atoms with Gasteiger partial charge in [0.25, 0.3) is 0 Å². The number of hydrogen-bond acceptors (Lipinski definition) is 0. The first-order valence-corrected chi connectivity index (χ1v) is 25.7. The van der Waals surface area contributed by atoms with Crippen molar-refractivity contribution in [1.29, 1.82) is 0 Å².